The highest BCUT2D eigenvalue weighted by Crippen LogP contribution is 2.53. The molecule has 21 heavy (non-hydrogen) atoms. The summed E-state index contributed by atoms with van der Waals surface area (Å²) in [4.78, 5) is 1.37. The number of rotatable bonds is 6. The van der Waals surface area contributed by atoms with E-state index in [2.05, 4.69) is 48.6 Å². The zero-order valence-electron chi connectivity index (χ0n) is 12.4. The Balaban J connectivity index is 1.97. The molecule has 1 aromatic heterocycles. The highest BCUT2D eigenvalue weighted by atomic mass is 35.5. The number of benzene rings is 1. The van der Waals surface area contributed by atoms with Crippen LogP contribution < -0.4 is 5.32 Å². The van der Waals surface area contributed by atoms with Gasteiger partial charge in [0.05, 0.1) is 10.4 Å². The van der Waals surface area contributed by atoms with Crippen molar-refractivity contribution in [2.75, 3.05) is 6.54 Å². The van der Waals surface area contributed by atoms with Crippen molar-refractivity contribution in [3.05, 3.63) is 57.2 Å². The Kier molecular flexibility index (Phi) is 4.68. The second-order valence-electron chi connectivity index (χ2n) is 5.90. The summed E-state index contributed by atoms with van der Waals surface area (Å²) in [5.74, 6) is 0. The summed E-state index contributed by atoms with van der Waals surface area (Å²) in [5, 5.41) is 3.79. The lowest BCUT2D eigenvalue weighted by Crippen LogP contribution is -2.46. The molecule has 0 saturated heterocycles. The molecule has 112 valence electrons. The molecular formula is C18H22ClNS. The van der Waals surface area contributed by atoms with Crippen LogP contribution in [0.4, 0.5) is 0 Å². The smallest absolute Gasteiger partial charge is 0.0931 e. The van der Waals surface area contributed by atoms with E-state index < -0.39 is 0 Å². The standard InChI is InChI=1S/C18H22ClNS/c1-2-13-20-17(15-9-10-16(19)21-15)18(11-6-12-18)14-7-4-3-5-8-14/h3-5,7-10,17,20H,2,6,11-13H2,1H3. The number of halogens is 1. The van der Waals surface area contributed by atoms with Gasteiger partial charge in [-0.3, -0.25) is 0 Å². The minimum atomic E-state index is 0.241. The SMILES string of the molecule is CCCNC(c1ccc(Cl)s1)C1(c2ccccc2)CCC1. The lowest BCUT2D eigenvalue weighted by molar-refractivity contribution is 0.172. The zero-order chi connectivity index (χ0) is 14.7. The molecule has 3 heteroatoms. The number of hydrogen-bond donors (Lipinski definition) is 1. The first-order chi connectivity index (χ1) is 10.3. The molecule has 0 radical (unpaired) electrons. The normalized spacial score (nSPS) is 18.2. The molecule has 1 saturated carbocycles. The van der Waals surface area contributed by atoms with Crippen molar-refractivity contribution in [2.24, 2.45) is 0 Å². The topological polar surface area (TPSA) is 12.0 Å². The molecule has 1 aliphatic carbocycles. The van der Waals surface area contributed by atoms with E-state index in [1.54, 1.807) is 11.3 Å². The summed E-state index contributed by atoms with van der Waals surface area (Å²) in [6, 6.07) is 15.6. The van der Waals surface area contributed by atoms with E-state index in [9.17, 15) is 0 Å². The van der Waals surface area contributed by atoms with Gasteiger partial charge in [-0.25, -0.2) is 0 Å². The first-order valence-corrected chi connectivity index (χ1v) is 9.00. The molecular weight excluding hydrogens is 298 g/mol. The van der Waals surface area contributed by atoms with Crippen molar-refractivity contribution in [2.45, 2.75) is 44.1 Å². The second-order valence-corrected chi connectivity index (χ2v) is 7.65. The third-order valence-electron chi connectivity index (χ3n) is 4.62. The van der Waals surface area contributed by atoms with Gasteiger partial charge in [-0.15, -0.1) is 11.3 Å². The molecule has 0 bridgehead atoms. The largest absolute Gasteiger partial charge is 0.309 e. The van der Waals surface area contributed by atoms with E-state index in [4.69, 9.17) is 11.6 Å². The van der Waals surface area contributed by atoms with E-state index in [0.29, 0.717) is 6.04 Å². The Morgan fingerprint density at radius 1 is 1.19 bits per heavy atom. The minimum Gasteiger partial charge on any atom is -0.309 e. The summed E-state index contributed by atoms with van der Waals surface area (Å²) in [7, 11) is 0. The molecule has 0 amide bonds. The summed E-state index contributed by atoms with van der Waals surface area (Å²) < 4.78 is 0.885. The average Bonchev–Trinajstić information content (AvgIpc) is 2.89. The van der Waals surface area contributed by atoms with Gasteiger partial charge < -0.3 is 5.32 Å². The molecule has 0 aliphatic heterocycles. The quantitative estimate of drug-likeness (QED) is 0.734. The maximum Gasteiger partial charge on any atom is 0.0931 e. The molecule has 1 fully saturated rings. The van der Waals surface area contributed by atoms with Gasteiger partial charge in [0.2, 0.25) is 0 Å². The Labute approximate surface area is 136 Å². The maximum absolute atomic E-state index is 6.19. The van der Waals surface area contributed by atoms with Crippen LogP contribution in [-0.4, -0.2) is 6.54 Å². The number of thiophene rings is 1. The van der Waals surface area contributed by atoms with Gasteiger partial charge in [0.1, 0.15) is 0 Å². The van der Waals surface area contributed by atoms with Crippen LogP contribution in [0.1, 0.15) is 49.1 Å². The molecule has 1 atom stereocenters. The van der Waals surface area contributed by atoms with Gasteiger partial charge >= 0.3 is 0 Å². The maximum atomic E-state index is 6.19. The highest BCUT2D eigenvalue weighted by molar-refractivity contribution is 7.16. The van der Waals surface area contributed by atoms with Crippen LogP contribution in [-0.2, 0) is 5.41 Å². The summed E-state index contributed by atoms with van der Waals surface area (Å²) in [5.41, 5.74) is 1.71. The van der Waals surface area contributed by atoms with Crippen LogP contribution in [0.3, 0.4) is 0 Å². The van der Waals surface area contributed by atoms with E-state index in [0.717, 1.165) is 17.3 Å². The van der Waals surface area contributed by atoms with E-state index >= 15 is 0 Å². The number of hydrogen-bond acceptors (Lipinski definition) is 2. The molecule has 1 aliphatic rings. The third kappa shape index (κ3) is 2.90. The Bertz CT molecular complexity index is 574. The molecule has 1 N–H and O–H groups in total. The molecule has 1 aromatic carbocycles. The predicted octanol–water partition coefficient (Wildman–Crippen LogP) is 5.56. The van der Waals surface area contributed by atoms with Crippen molar-refractivity contribution < 1.29 is 0 Å². The third-order valence-corrected chi connectivity index (χ3v) is 5.92. The van der Waals surface area contributed by atoms with Gasteiger partial charge in [-0.1, -0.05) is 55.3 Å². The molecule has 1 unspecified atom stereocenters. The van der Waals surface area contributed by atoms with Crippen molar-refractivity contribution in [3.8, 4) is 0 Å². The average molecular weight is 320 g/mol. The molecule has 1 nitrogen and oxygen atoms in total. The van der Waals surface area contributed by atoms with Crippen molar-refractivity contribution in [1.82, 2.24) is 5.32 Å². The molecule has 0 spiro atoms. The highest BCUT2D eigenvalue weighted by Gasteiger charge is 2.46. The van der Waals surface area contributed by atoms with E-state index in [1.165, 1.54) is 29.7 Å². The van der Waals surface area contributed by atoms with Crippen LogP contribution in [0.2, 0.25) is 4.34 Å². The summed E-state index contributed by atoms with van der Waals surface area (Å²) in [6.45, 7) is 3.27. The van der Waals surface area contributed by atoms with Gasteiger partial charge in [0.25, 0.3) is 0 Å². The first kappa shape index (κ1) is 15.1. The fourth-order valence-corrected chi connectivity index (χ4v) is 4.67. The fourth-order valence-electron chi connectivity index (χ4n) is 3.41. The lowest BCUT2D eigenvalue weighted by Gasteiger charge is -2.48. The monoisotopic (exact) mass is 319 g/mol. The summed E-state index contributed by atoms with van der Waals surface area (Å²) >= 11 is 7.91. The summed E-state index contributed by atoms with van der Waals surface area (Å²) in [6.07, 6.45) is 4.99. The number of nitrogens with one attached hydrogen (secondary N) is 1. The van der Waals surface area contributed by atoms with E-state index in [1.807, 2.05) is 6.07 Å². The zero-order valence-corrected chi connectivity index (χ0v) is 14.0. The van der Waals surface area contributed by atoms with Crippen LogP contribution in [0.15, 0.2) is 42.5 Å². The first-order valence-electron chi connectivity index (χ1n) is 7.80. The van der Waals surface area contributed by atoms with Gasteiger partial charge in [0, 0.05) is 10.3 Å². The van der Waals surface area contributed by atoms with Gasteiger partial charge in [-0.2, -0.15) is 0 Å². The Hall–Kier alpha value is -0.830. The van der Waals surface area contributed by atoms with Gasteiger partial charge in [0.15, 0.2) is 0 Å². The van der Waals surface area contributed by atoms with Crippen LogP contribution in [0.5, 0.6) is 0 Å². The predicted molar refractivity (Wildman–Crippen MR) is 92.3 cm³/mol. The molecule has 3 rings (SSSR count). The van der Waals surface area contributed by atoms with Crippen molar-refractivity contribution in [3.63, 3.8) is 0 Å². The minimum absolute atomic E-state index is 0.241. The van der Waals surface area contributed by atoms with Crippen LogP contribution in [0, 0.1) is 0 Å². The molecule has 1 heterocycles. The lowest BCUT2D eigenvalue weighted by atomic mass is 9.59. The van der Waals surface area contributed by atoms with E-state index in [-0.39, 0.29) is 5.41 Å². The van der Waals surface area contributed by atoms with Crippen LogP contribution >= 0.6 is 22.9 Å². The van der Waals surface area contributed by atoms with Crippen molar-refractivity contribution in [1.29, 1.82) is 0 Å². The van der Waals surface area contributed by atoms with Gasteiger partial charge in [-0.05, 0) is 43.5 Å². The Morgan fingerprint density at radius 2 is 1.95 bits per heavy atom. The second kappa shape index (κ2) is 6.51. The fraction of sp³-hybridized carbons (Fsp3) is 0.444. The Morgan fingerprint density at radius 3 is 2.48 bits per heavy atom. The van der Waals surface area contributed by atoms with Crippen molar-refractivity contribution >= 4 is 22.9 Å². The molecule has 2 aromatic rings. The van der Waals surface area contributed by atoms with Crippen LogP contribution in [0.25, 0.3) is 0 Å².